The number of rotatable bonds is 7. The number of anilines is 2. The molecule has 1 amide bonds. The largest absolute Gasteiger partial charge is 0.506 e. The zero-order chi connectivity index (χ0) is 30.1. The molecule has 43 heavy (non-hydrogen) atoms. The number of benzene rings is 2. The summed E-state index contributed by atoms with van der Waals surface area (Å²) in [5.41, 5.74) is 3.27. The predicted molar refractivity (Wildman–Crippen MR) is 166 cm³/mol. The molecule has 10 nitrogen and oxygen atoms in total. The fourth-order valence-corrected chi connectivity index (χ4v) is 6.31. The van der Waals surface area contributed by atoms with Gasteiger partial charge in [-0.05, 0) is 49.4 Å². The van der Waals surface area contributed by atoms with Crippen LogP contribution in [0.2, 0.25) is 10.0 Å². The summed E-state index contributed by atoms with van der Waals surface area (Å²) in [6.45, 7) is 8.39. The lowest BCUT2D eigenvalue weighted by Gasteiger charge is -2.39. The Labute approximate surface area is 260 Å². The van der Waals surface area contributed by atoms with Gasteiger partial charge in [0.05, 0.1) is 22.5 Å². The van der Waals surface area contributed by atoms with Crippen molar-refractivity contribution < 1.29 is 19.4 Å². The van der Waals surface area contributed by atoms with Gasteiger partial charge in [0.25, 0.3) is 5.91 Å². The Morgan fingerprint density at radius 1 is 1.14 bits per heavy atom. The number of piperidine rings is 1. The van der Waals surface area contributed by atoms with E-state index < -0.39 is 0 Å². The average Bonchev–Trinajstić information content (AvgIpc) is 3.30. The molecule has 3 aliphatic rings. The molecule has 12 heteroatoms. The van der Waals surface area contributed by atoms with E-state index in [9.17, 15) is 9.90 Å². The number of phenols is 1. The second kappa shape index (κ2) is 12.6. The third-order valence-electron chi connectivity index (χ3n) is 8.34. The molecule has 0 bridgehead atoms. The van der Waals surface area contributed by atoms with Crippen LogP contribution in [-0.4, -0.2) is 76.2 Å². The minimum Gasteiger partial charge on any atom is -0.506 e. The van der Waals surface area contributed by atoms with E-state index in [0.717, 1.165) is 75.4 Å². The molecule has 0 saturated carbocycles. The minimum absolute atomic E-state index is 0.0453. The SMILES string of the molecule is C=C1c2c(cccc2Oc2nc(Nc3cc(Cl)c(C(=O)NC4CCN(C5CCOCC5)CC4)cc3O)ncc2Cl)CN1C. The average molecular weight is 626 g/mol. The first kappa shape index (κ1) is 29.5. The van der Waals surface area contributed by atoms with E-state index in [0.29, 0.717) is 11.8 Å². The van der Waals surface area contributed by atoms with Crippen LogP contribution >= 0.6 is 23.2 Å². The highest BCUT2D eigenvalue weighted by atomic mass is 35.5. The van der Waals surface area contributed by atoms with Gasteiger partial charge >= 0.3 is 0 Å². The van der Waals surface area contributed by atoms with Gasteiger partial charge < -0.3 is 35.0 Å². The van der Waals surface area contributed by atoms with Crippen LogP contribution < -0.4 is 15.4 Å². The molecule has 1 aromatic heterocycles. The molecule has 2 aromatic carbocycles. The molecule has 0 unspecified atom stereocenters. The normalized spacial score (nSPS) is 18.0. The van der Waals surface area contributed by atoms with Gasteiger partial charge in [0, 0.05) is 63.2 Å². The van der Waals surface area contributed by atoms with Crippen LogP contribution in [0.25, 0.3) is 5.70 Å². The number of aromatic hydroxyl groups is 1. The fourth-order valence-electron chi connectivity index (χ4n) is 5.93. The molecule has 4 heterocycles. The monoisotopic (exact) mass is 624 g/mol. The summed E-state index contributed by atoms with van der Waals surface area (Å²) < 4.78 is 11.6. The Bertz CT molecular complexity index is 1540. The Hall–Kier alpha value is -3.57. The molecule has 226 valence electrons. The highest BCUT2D eigenvalue weighted by Crippen LogP contribution is 2.40. The summed E-state index contributed by atoms with van der Waals surface area (Å²) in [5.74, 6) is 0.346. The van der Waals surface area contributed by atoms with Crippen molar-refractivity contribution in [3.8, 4) is 17.4 Å². The predicted octanol–water partition coefficient (Wildman–Crippen LogP) is 5.81. The number of aromatic nitrogens is 2. The van der Waals surface area contributed by atoms with Gasteiger partial charge in [0.2, 0.25) is 11.8 Å². The van der Waals surface area contributed by atoms with E-state index >= 15 is 0 Å². The first-order valence-electron chi connectivity index (χ1n) is 14.4. The van der Waals surface area contributed by atoms with E-state index in [-0.39, 0.29) is 50.8 Å². The number of amides is 1. The lowest BCUT2D eigenvalue weighted by molar-refractivity contribution is 0.0238. The Morgan fingerprint density at radius 3 is 2.67 bits per heavy atom. The van der Waals surface area contributed by atoms with E-state index in [1.54, 1.807) is 0 Å². The fraction of sp³-hybridized carbons (Fsp3) is 0.387. The van der Waals surface area contributed by atoms with Gasteiger partial charge in [-0.3, -0.25) is 4.79 Å². The number of hydrogen-bond donors (Lipinski definition) is 3. The maximum Gasteiger partial charge on any atom is 0.253 e. The van der Waals surface area contributed by atoms with Gasteiger partial charge in [0.15, 0.2) is 0 Å². The highest BCUT2D eigenvalue weighted by molar-refractivity contribution is 6.34. The van der Waals surface area contributed by atoms with Crippen molar-refractivity contribution in [1.29, 1.82) is 0 Å². The molecule has 2 saturated heterocycles. The summed E-state index contributed by atoms with van der Waals surface area (Å²) in [6, 6.07) is 9.19. The van der Waals surface area contributed by atoms with Crippen LogP contribution in [0.5, 0.6) is 17.4 Å². The van der Waals surface area contributed by atoms with E-state index in [1.807, 2.05) is 30.1 Å². The Morgan fingerprint density at radius 2 is 1.91 bits per heavy atom. The summed E-state index contributed by atoms with van der Waals surface area (Å²) in [4.78, 5) is 26.3. The van der Waals surface area contributed by atoms with Gasteiger partial charge in [-0.1, -0.05) is 41.9 Å². The number of likely N-dealkylation sites (tertiary alicyclic amines) is 1. The second-order valence-electron chi connectivity index (χ2n) is 11.1. The lowest BCUT2D eigenvalue weighted by atomic mass is 9.99. The molecule has 0 spiro atoms. The zero-order valence-corrected chi connectivity index (χ0v) is 25.4. The standard InChI is InChI=1S/C31H34Cl2N6O4/c1-18-28-19(17-38(18)2)4-3-5-27(28)43-30-24(33)16-34-31(37-30)36-25-15-23(32)22(14-26(25)40)29(41)35-20-6-10-39(11-7-20)21-8-12-42-13-9-21/h3-5,14-16,20-21,40H,1,6-13,17H2,2H3,(H,35,41)(H,34,36,37). The van der Waals surface area contributed by atoms with Crippen molar-refractivity contribution in [3.05, 3.63) is 69.8 Å². The van der Waals surface area contributed by atoms with E-state index in [4.69, 9.17) is 32.7 Å². The summed E-state index contributed by atoms with van der Waals surface area (Å²) in [7, 11) is 1.97. The molecular weight excluding hydrogens is 591 g/mol. The number of phenolic OH excluding ortho intramolecular Hbond substituents is 1. The molecule has 3 aromatic rings. The number of hydrogen-bond acceptors (Lipinski definition) is 9. The van der Waals surface area contributed by atoms with Crippen molar-refractivity contribution in [2.75, 3.05) is 38.7 Å². The van der Waals surface area contributed by atoms with Gasteiger partial charge in [-0.2, -0.15) is 4.98 Å². The molecule has 3 aliphatic heterocycles. The minimum atomic E-state index is -0.322. The number of halogens is 2. The topological polar surface area (TPSA) is 112 Å². The number of nitrogens with one attached hydrogen (secondary N) is 2. The van der Waals surface area contributed by atoms with Crippen LogP contribution in [0.4, 0.5) is 11.6 Å². The van der Waals surface area contributed by atoms with Crippen molar-refractivity contribution in [1.82, 2.24) is 25.1 Å². The quantitative estimate of drug-likeness (QED) is 0.280. The number of fused-ring (bicyclic) bond motifs is 1. The highest BCUT2D eigenvalue weighted by Gasteiger charge is 2.28. The van der Waals surface area contributed by atoms with Crippen LogP contribution in [0.3, 0.4) is 0 Å². The molecule has 3 N–H and O–H groups in total. The van der Waals surface area contributed by atoms with Crippen LogP contribution in [0.1, 0.15) is 47.2 Å². The third kappa shape index (κ3) is 6.38. The summed E-state index contributed by atoms with van der Waals surface area (Å²) >= 11 is 12.9. The van der Waals surface area contributed by atoms with Crippen LogP contribution in [0.15, 0.2) is 43.1 Å². The number of carbonyl (C=O) groups excluding carboxylic acids is 1. The van der Waals surface area contributed by atoms with Crippen LogP contribution in [0, 0.1) is 0 Å². The van der Waals surface area contributed by atoms with E-state index in [2.05, 4.69) is 32.1 Å². The zero-order valence-electron chi connectivity index (χ0n) is 23.9. The second-order valence-corrected chi connectivity index (χ2v) is 12.0. The van der Waals surface area contributed by atoms with Crippen molar-refractivity contribution in [2.24, 2.45) is 0 Å². The Kier molecular flexibility index (Phi) is 8.63. The summed E-state index contributed by atoms with van der Waals surface area (Å²) in [6.07, 6.45) is 5.25. The summed E-state index contributed by atoms with van der Waals surface area (Å²) in [5, 5.41) is 17.2. The molecule has 0 atom stereocenters. The maximum absolute atomic E-state index is 13.1. The van der Waals surface area contributed by atoms with E-state index in [1.165, 1.54) is 18.3 Å². The van der Waals surface area contributed by atoms with Crippen molar-refractivity contribution in [2.45, 2.75) is 44.3 Å². The van der Waals surface area contributed by atoms with Gasteiger partial charge in [-0.15, -0.1) is 0 Å². The van der Waals surface area contributed by atoms with Gasteiger partial charge in [0.1, 0.15) is 16.5 Å². The first-order valence-corrected chi connectivity index (χ1v) is 15.2. The molecule has 2 fully saturated rings. The van der Waals surface area contributed by atoms with Crippen molar-refractivity contribution >= 4 is 46.4 Å². The Balaban J connectivity index is 1.11. The number of ether oxygens (including phenoxy) is 2. The number of carbonyl (C=O) groups is 1. The molecule has 6 rings (SSSR count). The smallest absolute Gasteiger partial charge is 0.253 e. The van der Waals surface area contributed by atoms with Gasteiger partial charge in [-0.25, -0.2) is 4.98 Å². The maximum atomic E-state index is 13.1. The molecule has 0 aliphatic carbocycles. The molecular formula is C31H34Cl2N6O4. The number of nitrogens with zero attached hydrogens (tertiary/aromatic N) is 4. The molecule has 0 radical (unpaired) electrons. The first-order chi connectivity index (χ1) is 20.8. The van der Waals surface area contributed by atoms with Crippen molar-refractivity contribution in [3.63, 3.8) is 0 Å². The lowest BCUT2D eigenvalue weighted by Crippen LogP contribution is -2.49. The third-order valence-corrected chi connectivity index (χ3v) is 8.91. The van der Waals surface area contributed by atoms with Crippen LogP contribution in [-0.2, 0) is 11.3 Å².